The summed E-state index contributed by atoms with van der Waals surface area (Å²) in [5.74, 6) is 2.45. The molecule has 0 saturated heterocycles. The molecular weight excluding hydrogens is 673 g/mol. The standard InChI is InChI=1S/C47H30BN7/c1-2-15-31(16-3-1)52-38-22-7-5-19-35(38)48-36-20-14-18-34-44-33-17-4-6-21-37(33)54(43-25-10-13-28-51-43)47(44)55(46(34)36)40-30-32(29-39(52)45(40)48)53(41-23-8-11-26-49-41)42-24-9-12-27-50-42/h1-30H. The molecule has 0 saturated carbocycles. The molecule has 0 amide bonds. The number of rotatable bonds is 5. The van der Waals surface area contributed by atoms with Crippen LogP contribution in [-0.4, -0.2) is 30.8 Å². The average molecular weight is 704 g/mol. The number of para-hydroxylation sites is 4. The van der Waals surface area contributed by atoms with Gasteiger partial charge in [0, 0.05) is 57.5 Å². The van der Waals surface area contributed by atoms with E-state index in [0.29, 0.717) is 0 Å². The van der Waals surface area contributed by atoms with Gasteiger partial charge in [-0.1, -0.05) is 91.0 Å². The first kappa shape index (κ1) is 30.1. The molecule has 0 aliphatic carbocycles. The highest BCUT2D eigenvalue weighted by Crippen LogP contribution is 2.46. The van der Waals surface area contributed by atoms with Crippen LogP contribution in [0.15, 0.2) is 182 Å². The monoisotopic (exact) mass is 703 g/mol. The maximum atomic E-state index is 4.95. The predicted molar refractivity (Wildman–Crippen MR) is 225 cm³/mol. The zero-order valence-electron chi connectivity index (χ0n) is 29.5. The van der Waals surface area contributed by atoms with Crippen molar-refractivity contribution >= 4 is 90.3 Å². The molecule has 2 aliphatic heterocycles. The smallest absolute Gasteiger partial charge is 0.252 e. The molecule has 2 aliphatic rings. The number of fused-ring (bicyclic) bond motifs is 9. The van der Waals surface area contributed by atoms with E-state index in [2.05, 4.69) is 140 Å². The van der Waals surface area contributed by atoms with Crippen LogP contribution < -0.4 is 26.2 Å². The quantitative estimate of drug-likeness (QED) is 0.168. The van der Waals surface area contributed by atoms with Crippen molar-refractivity contribution in [2.75, 3.05) is 9.80 Å². The average Bonchev–Trinajstić information content (AvgIpc) is 3.77. The van der Waals surface area contributed by atoms with Gasteiger partial charge in [0.25, 0.3) is 6.71 Å². The summed E-state index contributed by atoms with van der Waals surface area (Å²) >= 11 is 0. The number of anilines is 6. The largest absolute Gasteiger partial charge is 0.311 e. The zero-order valence-corrected chi connectivity index (χ0v) is 29.5. The highest BCUT2D eigenvalue weighted by atomic mass is 15.3. The van der Waals surface area contributed by atoms with Gasteiger partial charge < -0.3 is 4.90 Å². The molecular formula is C47H30BN7. The Bertz CT molecular complexity index is 3070. The van der Waals surface area contributed by atoms with Gasteiger partial charge in [-0.2, -0.15) is 0 Å². The van der Waals surface area contributed by atoms with Crippen molar-refractivity contribution in [1.82, 2.24) is 24.1 Å². The van der Waals surface area contributed by atoms with E-state index in [0.717, 1.165) is 51.4 Å². The molecule has 0 radical (unpaired) electrons. The number of aromatic nitrogens is 5. The van der Waals surface area contributed by atoms with Crippen molar-refractivity contribution in [3.8, 4) is 11.5 Å². The number of nitrogens with zero attached hydrogens (tertiary/aromatic N) is 7. The molecule has 7 heterocycles. The van der Waals surface area contributed by atoms with Crippen LogP contribution in [0.25, 0.3) is 44.3 Å². The molecule has 5 aromatic carbocycles. The van der Waals surface area contributed by atoms with Gasteiger partial charge in [-0.15, -0.1) is 0 Å². The first-order valence-electron chi connectivity index (χ1n) is 18.6. The highest BCUT2D eigenvalue weighted by Gasteiger charge is 2.43. The summed E-state index contributed by atoms with van der Waals surface area (Å²) in [6.07, 6.45) is 5.57. The summed E-state index contributed by atoms with van der Waals surface area (Å²) in [7, 11) is 0. The van der Waals surface area contributed by atoms with E-state index < -0.39 is 0 Å². The Morgan fingerprint density at radius 2 is 1.15 bits per heavy atom. The van der Waals surface area contributed by atoms with E-state index in [1.165, 1.54) is 43.8 Å². The first-order chi connectivity index (χ1) is 27.3. The molecule has 0 unspecified atom stereocenters. The molecule has 0 bridgehead atoms. The number of hydrogen-bond donors (Lipinski definition) is 0. The minimum atomic E-state index is -0.00173. The second-order valence-electron chi connectivity index (χ2n) is 14.1. The molecule has 256 valence electrons. The van der Waals surface area contributed by atoms with Crippen molar-refractivity contribution in [1.29, 1.82) is 0 Å². The zero-order chi connectivity index (χ0) is 36.0. The Balaban J connectivity index is 1.29. The third-order valence-electron chi connectivity index (χ3n) is 11.2. The van der Waals surface area contributed by atoms with Crippen LogP contribution in [0.3, 0.4) is 0 Å². The number of hydrogen-bond acceptors (Lipinski definition) is 5. The van der Waals surface area contributed by atoms with Gasteiger partial charge in [-0.3, -0.25) is 14.0 Å². The lowest BCUT2D eigenvalue weighted by atomic mass is 9.34. The van der Waals surface area contributed by atoms with E-state index in [-0.39, 0.29) is 6.71 Å². The number of pyridine rings is 3. The van der Waals surface area contributed by atoms with Crippen molar-refractivity contribution in [2.24, 2.45) is 0 Å². The van der Waals surface area contributed by atoms with E-state index in [1.54, 1.807) is 0 Å². The molecule has 0 atom stereocenters. The van der Waals surface area contributed by atoms with Gasteiger partial charge in [0.2, 0.25) is 0 Å². The maximum absolute atomic E-state index is 4.95. The summed E-state index contributed by atoms with van der Waals surface area (Å²) < 4.78 is 4.86. The van der Waals surface area contributed by atoms with Crippen LogP contribution in [0.4, 0.5) is 34.4 Å². The summed E-state index contributed by atoms with van der Waals surface area (Å²) in [5, 5.41) is 3.64. The lowest BCUT2D eigenvalue weighted by molar-refractivity contribution is 1.02. The van der Waals surface area contributed by atoms with Gasteiger partial charge in [0.15, 0.2) is 0 Å². The molecule has 0 fully saturated rings. The summed E-state index contributed by atoms with van der Waals surface area (Å²) in [6, 6.07) is 58.1. The fourth-order valence-electron chi connectivity index (χ4n) is 9.16. The molecule has 8 heteroatoms. The Kier molecular flexibility index (Phi) is 6.30. The third kappa shape index (κ3) is 4.19. The molecule has 55 heavy (non-hydrogen) atoms. The van der Waals surface area contributed by atoms with E-state index in [9.17, 15) is 0 Å². The lowest BCUT2D eigenvalue weighted by Crippen LogP contribution is -2.60. The predicted octanol–water partition coefficient (Wildman–Crippen LogP) is 9.00. The highest BCUT2D eigenvalue weighted by molar-refractivity contribution is 7.00. The first-order valence-corrected chi connectivity index (χ1v) is 18.6. The second-order valence-corrected chi connectivity index (χ2v) is 14.1. The lowest BCUT2D eigenvalue weighted by Gasteiger charge is -2.41. The normalized spacial score (nSPS) is 12.7. The maximum Gasteiger partial charge on any atom is 0.252 e. The SMILES string of the molecule is c1ccc(N2c3ccccc3B3c4c2cc(N(c2ccccn2)c2ccccn2)cc4-n2c4c3cccc4c3c4ccccc4n(-c4ccccn4)c32)cc1. The summed E-state index contributed by atoms with van der Waals surface area (Å²) in [4.78, 5) is 19.3. The van der Waals surface area contributed by atoms with Crippen LogP contribution >= 0.6 is 0 Å². The van der Waals surface area contributed by atoms with Crippen LogP contribution in [0.2, 0.25) is 0 Å². The topological polar surface area (TPSA) is 55.0 Å². The number of benzene rings is 5. The minimum absolute atomic E-state index is 0.00173. The van der Waals surface area contributed by atoms with Crippen molar-refractivity contribution in [3.63, 3.8) is 0 Å². The Morgan fingerprint density at radius 1 is 0.491 bits per heavy atom. The summed E-state index contributed by atoms with van der Waals surface area (Å²) in [6.45, 7) is -0.00173. The van der Waals surface area contributed by atoms with E-state index >= 15 is 0 Å². The Hall–Kier alpha value is -7.45. The molecule has 5 aromatic heterocycles. The minimum Gasteiger partial charge on any atom is -0.311 e. The van der Waals surface area contributed by atoms with Gasteiger partial charge in [-0.25, -0.2) is 15.0 Å². The third-order valence-corrected chi connectivity index (χ3v) is 11.2. The molecule has 7 nitrogen and oxygen atoms in total. The molecule has 0 spiro atoms. The van der Waals surface area contributed by atoms with Gasteiger partial charge in [-0.05, 0) is 89.2 Å². The summed E-state index contributed by atoms with van der Waals surface area (Å²) in [5.41, 5.74) is 12.7. The van der Waals surface area contributed by atoms with E-state index in [1.807, 2.05) is 61.1 Å². The Labute approximate surface area is 317 Å². The van der Waals surface area contributed by atoms with E-state index in [4.69, 9.17) is 15.0 Å². The molecule has 12 rings (SSSR count). The van der Waals surface area contributed by atoms with Crippen molar-refractivity contribution < 1.29 is 0 Å². The Morgan fingerprint density at radius 3 is 1.91 bits per heavy atom. The molecule has 10 aromatic rings. The van der Waals surface area contributed by atoms with Crippen molar-refractivity contribution in [2.45, 2.75) is 0 Å². The van der Waals surface area contributed by atoms with Crippen LogP contribution in [0.1, 0.15) is 0 Å². The van der Waals surface area contributed by atoms with Gasteiger partial charge in [0.05, 0.1) is 16.7 Å². The van der Waals surface area contributed by atoms with Crippen LogP contribution in [-0.2, 0) is 0 Å². The van der Waals surface area contributed by atoms with Gasteiger partial charge >= 0.3 is 0 Å². The second kappa shape index (κ2) is 11.5. The molecule has 0 N–H and O–H groups in total. The van der Waals surface area contributed by atoms with Crippen LogP contribution in [0.5, 0.6) is 0 Å². The fraction of sp³-hybridized carbons (Fsp3) is 0. The van der Waals surface area contributed by atoms with Gasteiger partial charge in [0.1, 0.15) is 23.1 Å². The fourth-order valence-corrected chi connectivity index (χ4v) is 9.16. The van der Waals surface area contributed by atoms with Crippen molar-refractivity contribution in [3.05, 3.63) is 182 Å². The van der Waals surface area contributed by atoms with Crippen LogP contribution in [0, 0.1) is 0 Å².